The standard InChI is InChI=1S/C17H25NO2/c1-3-13-7-9-14(10-8-13)11-18-16-12(2)5-4-6-15(16)17(19)20/h4-6,13-14,18H,3,7-11H2,1-2H3,(H,19,20). The molecule has 20 heavy (non-hydrogen) atoms. The lowest BCUT2D eigenvalue weighted by Crippen LogP contribution is -2.22. The van der Waals surface area contributed by atoms with Crippen LogP contribution >= 0.6 is 0 Å². The van der Waals surface area contributed by atoms with Gasteiger partial charge in [0.2, 0.25) is 0 Å². The smallest absolute Gasteiger partial charge is 0.337 e. The fourth-order valence-electron chi connectivity index (χ4n) is 3.17. The largest absolute Gasteiger partial charge is 0.478 e. The second-order valence-electron chi connectivity index (χ2n) is 5.98. The molecule has 1 aliphatic carbocycles. The third-order valence-corrected chi connectivity index (χ3v) is 4.61. The van der Waals surface area contributed by atoms with Crippen molar-refractivity contribution in [1.82, 2.24) is 0 Å². The Morgan fingerprint density at radius 1 is 1.25 bits per heavy atom. The predicted octanol–water partition coefficient (Wildman–Crippen LogP) is 4.32. The van der Waals surface area contributed by atoms with Crippen molar-refractivity contribution in [3.05, 3.63) is 29.3 Å². The quantitative estimate of drug-likeness (QED) is 0.841. The van der Waals surface area contributed by atoms with Crippen LogP contribution in [-0.2, 0) is 0 Å². The lowest BCUT2D eigenvalue weighted by Gasteiger charge is -2.28. The van der Waals surface area contributed by atoms with E-state index >= 15 is 0 Å². The SMILES string of the molecule is CCC1CCC(CNc2c(C)cccc2C(=O)O)CC1. The normalized spacial score (nSPS) is 22.5. The number of aryl methyl sites for hydroxylation is 1. The molecule has 0 saturated heterocycles. The molecule has 2 rings (SSSR count). The molecule has 0 atom stereocenters. The monoisotopic (exact) mass is 275 g/mol. The number of hydrogen-bond donors (Lipinski definition) is 2. The third kappa shape index (κ3) is 3.53. The predicted molar refractivity (Wildman–Crippen MR) is 82.4 cm³/mol. The van der Waals surface area contributed by atoms with E-state index in [0.29, 0.717) is 11.5 Å². The van der Waals surface area contributed by atoms with E-state index in [1.165, 1.54) is 32.1 Å². The van der Waals surface area contributed by atoms with Crippen molar-refractivity contribution in [2.45, 2.75) is 46.0 Å². The summed E-state index contributed by atoms with van der Waals surface area (Å²) in [6.07, 6.45) is 6.46. The lowest BCUT2D eigenvalue weighted by molar-refractivity contribution is 0.0698. The first-order valence-electron chi connectivity index (χ1n) is 7.68. The number of anilines is 1. The molecule has 0 heterocycles. The zero-order valence-corrected chi connectivity index (χ0v) is 12.5. The number of hydrogen-bond acceptors (Lipinski definition) is 2. The summed E-state index contributed by atoms with van der Waals surface area (Å²) in [6, 6.07) is 5.44. The molecule has 0 bridgehead atoms. The van der Waals surface area contributed by atoms with Crippen LogP contribution in [-0.4, -0.2) is 17.6 Å². The Morgan fingerprint density at radius 2 is 1.90 bits per heavy atom. The molecule has 1 aliphatic rings. The molecule has 1 saturated carbocycles. The maximum Gasteiger partial charge on any atom is 0.337 e. The first kappa shape index (κ1) is 14.9. The highest BCUT2D eigenvalue weighted by molar-refractivity contribution is 5.95. The minimum atomic E-state index is -0.856. The zero-order chi connectivity index (χ0) is 14.5. The Kier molecular flexibility index (Phi) is 5.05. The zero-order valence-electron chi connectivity index (χ0n) is 12.5. The van der Waals surface area contributed by atoms with Crippen LogP contribution in [0.25, 0.3) is 0 Å². The van der Waals surface area contributed by atoms with Crippen LogP contribution in [0.1, 0.15) is 54.9 Å². The van der Waals surface area contributed by atoms with Gasteiger partial charge in [-0.05, 0) is 43.2 Å². The van der Waals surface area contributed by atoms with Crippen LogP contribution < -0.4 is 5.32 Å². The molecule has 2 N–H and O–H groups in total. The molecule has 3 nitrogen and oxygen atoms in total. The number of carboxylic acids is 1. The molecule has 3 heteroatoms. The van der Waals surface area contributed by atoms with Crippen LogP contribution in [0.4, 0.5) is 5.69 Å². The Hall–Kier alpha value is -1.51. The maximum absolute atomic E-state index is 11.3. The molecule has 0 spiro atoms. The van der Waals surface area contributed by atoms with Crippen LogP contribution in [0.2, 0.25) is 0 Å². The van der Waals surface area contributed by atoms with Crippen molar-refractivity contribution in [2.24, 2.45) is 11.8 Å². The lowest BCUT2D eigenvalue weighted by atomic mass is 9.81. The summed E-state index contributed by atoms with van der Waals surface area (Å²) in [6.45, 7) is 5.13. The number of rotatable bonds is 5. The van der Waals surface area contributed by atoms with Crippen molar-refractivity contribution in [3.63, 3.8) is 0 Å². The fraction of sp³-hybridized carbons (Fsp3) is 0.588. The average molecular weight is 275 g/mol. The highest BCUT2D eigenvalue weighted by Gasteiger charge is 2.20. The van der Waals surface area contributed by atoms with E-state index in [4.69, 9.17) is 0 Å². The van der Waals surface area contributed by atoms with E-state index in [2.05, 4.69) is 12.2 Å². The van der Waals surface area contributed by atoms with E-state index in [9.17, 15) is 9.90 Å². The topological polar surface area (TPSA) is 49.3 Å². The van der Waals surface area contributed by atoms with Crippen LogP contribution in [0, 0.1) is 18.8 Å². The van der Waals surface area contributed by atoms with E-state index in [1.807, 2.05) is 13.0 Å². The van der Waals surface area contributed by atoms with Gasteiger partial charge in [0.15, 0.2) is 0 Å². The van der Waals surface area contributed by atoms with E-state index in [1.54, 1.807) is 12.1 Å². The van der Waals surface area contributed by atoms with Gasteiger partial charge in [-0.15, -0.1) is 0 Å². The number of aromatic carboxylic acids is 1. The summed E-state index contributed by atoms with van der Waals surface area (Å²) >= 11 is 0. The summed E-state index contributed by atoms with van der Waals surface area (Å²) < 4.78 is 0. The molecule has 0 unspecified atom stereocenters. The summed E-state index contributed by atoms with van der Waals surface area (Å²) in [5.41, 5.74) is 2.18. The Morgan fingerprint density at radius 3 is 2.50 bits per heavy atom. The van der Waals surface area contributed by atoms with Gasteiger partial charge < -0.3 is 10.4 Å². The number of para-hydroxylation sites is 1. The molecule has 1 aromatic carbocycles. The fourth-order valence-corrected chi connectivity index (χ4v) is 3.17. The van der Waals surface area contributed by atoms with Gasteiger partial charge >= 0.3 is 5.97 Å². The molecule has 0 aliphatic heterocycles. The Bertz CT molecular complexity index is 462. The molecule has 1 aromatic rings. The summed E-state index contributed by atoms with van der Waals surface area (Å²) in [5.74, 6) is 0.726. The molecule has 0 amide bonds. The first-order valence-corrected chi connectivity index (χ1v) is 7.68. The summed E-state index contributed by atoms with van der Waals surface area (Å²) in [5, 5.41) is 12.6. The molecule has 110 valence electrons. The number of carbonyl (C=O) groups is 1. The van der Waals surface area contributed by atoms with Crippen LogP contribution in [0.5, 0.6) is 0 Å². The molecular weight excluding hydrogens is 250 g/mol. The minimum Gasteiger partial charge on any atom is -0.478 e. The van der Waals surface area contributed by atoms with Gasteiger partial charge in [-0.3, -0.25) is 0 Å². The van der Waals surface area contributed by atoms with Gasteiger partial charge in [0.25, 0.3) is 0 Å². The number of benzene rings is 1. The van der Waals surface area contributed by atoms with Crippen LogP contribution in [0.15, 0.2) is 18.2 Å². The Balaban J connectivity index is 1.96. The summed E-state index contributed by atoms with van der Waals surface area (Å²) in [4.78, 5) is 11.3. The van der Waals surface area contributed by atoms with E-state index in [-0.39, 0.29) is 0 Å². The van der Waals surface area contributed by atoms with Crippen molar-refractivity contribution in [2.75, 3.05) is 11.9 Å². The molecule has 0 radical (unpaired) electrons. The van der Waals surface area contributed by atoms with Crippen LogP contribution in [0.3, 0.4) is 0 Å². The highest BCUT2D eigenvalue weighted by Crippen LogP contribution is 2.31. The highest BCUT2D eigenvalue weighted by atomic mass is 16.4. The van der Waals surface area contributed by atoms with Gasteiger partial charge in [0, 0.05) is 6.54 Å². The van der Waals surface area contributed by atoms with Crippen molar-refractivity contribution < 1.29 is 9.90 Å². The minimum absolute atomic E-state index is 0.382. The second-order valence-corrected chi connectivity index (χ2v) is 5.98. The van der Waals surface area contributed by atoms with E-state index in [0.717, 1.165) is 23.7 Å². The van der Waals surface area contributed by atoms with Gasteiger partial charge in [-0.1, -0.05) is 38.3 Å². The van der Waals surface area contributed by atoms with Crippen molar-refractivity contribution in [3.8, 4) is 0 Å². The second kappa shape index (κ2) is 6.78. The van der Waals surface area contributed by atoms with Gasteiger partial charge in [0.1, 0.15) is 0 Å². The van der Waals surface area contributed by atoms with Gasteiger partial charge in [0.05, 0.1) is 11.3 Å². The molecule has 1 fully saturated rings. The molecular formula is C17H25NO2. The summed E-state index contributed by atoms with van der Waals surface area (Å²) in [7, 11) is 0. The third-order valence-electron chi connectivity index (χ3n) is 4.61. The van der Waals surface area contributed by atoms with Gasteiger partial charge in [-0.25, -0.2) is 4.79 Å². The average Bonchev–Trinajstić information content (AvgIpc) is 2.46. The number of nitrogens with one attached hydrogen (secondary N) is 1. The maximum atomic E-state index is 11.3. The van der Waals surface area contributed by atoms with Gasteiger partial charge in [-0.2, -0.15) is 0 Å². The number of carboxylic acid groups (broad SMARTS) is 1. The first-order chi connectivity index (χ1) is 9.61. The van der Waals surface area contributed by atoms with Crippen molar-refractivity contribution >= 4 is 11.7 Å². The Labute approximate surface area is 121 Å². The molecule has 0 aromatic heterocycles. The van der Waals surface area contributed by atoms with E-state index < -0.39 is 5.97 Å². The van der Waals surface area contributed by atoms with Crippen molar-refractivity contribution in [1.29, 1.82) is 0 Å².